The maximum Gasteiger partial charge on any atom is 0.416 e. The summed E-state index contributed by atoms with van der Waals surface area (Å²) in [5, 5.41) is 1.56. The number of nitrogens with zero attached hydrogens (tertiary/aromatic N) is 3. The second kappa shape index (κ2) is 9.24. The summed E-state index contributed by atoms with van der Waals surface area (Å²) in [6.07, 6.45) is -1.04. The van der Waals surface area contributed by atoms with E-state index in [4.69, 9.17) is 11.6 Å². The van der Waals surface area contributed by atoms with Crippen molar-refractivity contribution < 1.29 is 22.8 Å². The standard InChI is InChI=1S/C21H24ClF3N4O2S/c1-27-4-2-15(3-5-27)28-6-8-29(9-7-28)18-13(11-17-19(30)26-20(31)32-17)10-14(12-16(18)22)21(23,24)25/h10-12,15H,2-9H2,1H3,(H,26,30,31). The third-order valence-electron chi connectivity index (χ3n) is 6.18. The highest BCUT2D eigenvalue weighted by molar-refractivity contribution is 8.18. The number of alkyl halides is 3. The molecule has 3 heterocycles. The molecule has 11 heteroatoms. The highest BCUT2D eigenvalue weighted by Crippen LogP contribution is 2.40. The number of halogens is 4. The molecular weight excluding hydrogens is 465 g/mol. The van der Waals surface area contributed by atoms with Gasteiger partial charge >= 0.3 is 6.18 Å². The Morgan fingerprint density at radius 1 is 1.09 bits per heavy atom. The molecule has 0 saturated carbocycles. The average Bonchev–Trinajstić information content (AvgIpc) is 3.04. The molecule has 3 aliphatic rings. The van der Waals surface area contributed by atoms with Gasteiger partial charge < -0.3 is 9.80 Å². The number of amides is 2. The number of nitrogens with one attached hydrogen (secondary N) is 1. The molecule has 1 aromatic carbocycles. The van der Waals surface area contributed by atoms with Gasteiger partial charge in [-0.25, -0.2) is 0 Å². The number of thioether (sulfide) groups is 1. The zero-order valence-corrected chi connectivity index (χ0v) is 19.1. The van der Waals surface area contributed by atoms with E-state index in [0.717, 1.165) is 51.2 Å². The lowest BCUT2D eigenvalue weighted by Crippen LogP contribution is -2.53. The summed E-state index contributed by atoms with van der Waals surface area (Å²) < 4.78 is 40.3. The van der Waals surface area contributed by atoms with Gasteiger partial charge in [0.1, 0.15) is 0 Å². The van der Waals surface area contributed by atoms with Crippen molar-refractivity contribution in [3.63, 3.8) is 0 Å². The zero-order chi connectivity index (χ0) is 23.0. The fourth-order valence-electron chi connectivity index (χ4n) is 4.46. The van der Waals surface area contributed by atoms with E-state index < -0.39 is 22.9 Å². The third-order valence-corrected chi connectivity index (χ3v) is 7.28. The lowest BCUT2D eigenvalue weighted by molar-refractivity contribution is -0.137. The van der Waals surface area contributed by atoms with Crippen molar-refractivity contribution in [1.82, 2.24) is 15.1 Å². The summed E-state index contributed by atoms with van der Waals surface area (Å²) in [7, 11) is 2.12. The maximum atomic E-state index is 13.4. The van der Waals surface area contributed by atoms with Gasteiger partial charge in [0.05, 0.1) is 21.2 Å². The molecule has 0 bridgehead atoms. The van der Waals surface area contributed by atoms with E-state index in [0.29, 0.717) is 36.6 Å². The van der Waals surface area contributed by atoms with Crippen molar-refractivity contribution in [3.8, 4) is 0 Å². The number of piperazine rings is 1. The maximum absolute atomic E-state index is 13.4. The fourth-order valence-corrected chi connectivity index (χ4v) is 5.48. The number of piperidine rings is 1. The number of rotatable bonds is 3. The van der Waals surface area contributed by atoms with E-state index in [1.54, 1.807) is 0 Å². The molecule has 1 N–H and O–H groups in total. The van der Waals surface area contributed by atoms with Gasteiger partial charge in [0.25, 0.3) is 11.1 Å². The van der Waals surface area contributed by atoms with Crippen LogP contribution in [0.2, 0.25) is 5.02 Å². The minimum atomic E-state index is -4.58. The molecule has 2 amide bonds. The van der Waals surface area contributed by atoms with Gasteiger partial charge in [-0.2, -0.15) is 13.2 Å². The molecule has 0 atom stereocenters. The number of benzene rings is 1. The van der Waals surface area contributed by atoms with Gasteiger partial charge in [-0.1, -0.05) is 11.6 Å². The lowest BCUT2D eigenvalue weighted by atomic mass is 10.0. The smallest absolute Gasteiger partial charge is 0.367 e. The van der Waals surface area contributed by atoms with Gasteiger partial charge in [-0.05, 0) is 62.9 Å². The topological polar surface area (TPSA) is 55.9 Å². The number of carbonyl (C=O) groups is 2. The van der Waals surface area contributed by atoms with Crippen LogP contribution in [0.3, 0.4) is 0 Å². The van der Waals surface area contributed by atoms with E-state index in [1.165, 1.54) is 6.08 Å². The number of likely N-dealkylation sites (tertiary alicyclic amines) is 1. The Kier molecular flexibility index (Phi) is 6.76. The Balaban J connectivity index is 1.60. The first-order valence-corrected chi connectivity index (χ1v) is 11.6. The largest absolute Gasteiger partial charge is 0.416 e. The van der Waals surface area contributed by atoms with Crippen LogP contribution >= 0.6 is 23.4 Å². The molecule has 0 aromatic heterocycles. The number of carbonyl (C=O) groups excluding carboxylic acids is 2. The van der Waals surface area contributed by atoms with Crippen LogP contribution in [0, 0.1) is 0 Å². The second-order valence-electron chi connectivity index (χ2n) is 8.30. The van der Waals surface area contributed by atoms with E-state index in [-0.39, 0.29) is 15.5 Å². The van der Waals surface area contributed by atoms with E-state index >= 15 is 0 Å². The predicted octanol–water partition coefficient (Wildman–Crippen LogP) is 3.90. The SMILES string of the molecule is CN1CCC(N2CCN(c3c(Cl)cc(C(F)(F)F)cc3C=C3SC(=O)NC3=O)CC2)CC1. The molecule has 0 unspecified atom stereocenters. The Labute approximate surface area is 193 Å². The second-order valence-corrected chi connectivity index (χ2v) is 9.73. The summed E-state index contributed by atoms with van der Waals surface area (Å²) >= 11 is 7.03. The third kappa shape index (κ3) is 5.08. The van der Waals surface area contributed by atoms with Gasteiger partial charge in [0.15, 0.2) is 0 Å². The van der Waals surface area contributed by atoms with E-state index in [2.05, 4.69) is 22.2 Å². The van der Waals surface area contributed by atoms with Crippen LogP contribution < -0.4 is 10.2 Å². The van der Waals surface area contributed by atoms with E-state index in [9.17, 15) is 22.8 Å². The van der Waals surface area contributed by atoms with Crippen LogP contribution in [0.1, 0.15) is 24.0 Å². The van der Waals surface area contributed by atoms with Crippen molar-refractivity contribution in [1.29, 1.82) is 0 Å². The first kappa shape index (κ1) is 23.4. The summed E-state index contributed by atoms with van der Waals surface area (Å²) in [5.74, 6) is -0.619. The highest BCUT2D eigenvalue weighted by Gasteiger charge is 2.34. The zero-order valence-electron chi connectivity index (χ0n) is 17.5. The summed E-state index contributed by atoms with van der Waals surface area (Å²) in [6.45, 7) is 4.93. The normalized spacial score (nSPS) is 23.3. The molecule has 3 aliphatic heterocycles. The van der Waals surface area contributed by atoms with Crippen molar-refractivity contribution >= 4 is 46.3 Å². The van der Waals surface area contributed by atoms with Crippen LogP contribution in [0.4, 0.5) is 23.7 Å². The Morgan fingerprint density at radius 3 is 2.31 bits per heavy atom. The molecule has 0 spiro atoms. The van der Waals surface area contributed by atoms with Crippen LogP contribution in [-0.4, -0.2) is 73.3 Å². The highest BCUT2D eigenvalue weighted by atomic mass is 35.5. The van der Waals surface area contributed by atoms with Crippen molar-refractivity contribution in [3.05, 3.63) is 33.2 Å². The van der Waals surface area contributed by atoms with Gasteiger partial charge in [0, 0.05) is 37.8 Å². The fraction of sp³-hybridized carbons (Fsp3) is 0.524. The Hall–Kier alpha value is -1.75. The van der Waals surface area contributed by atoms with Gasteiger partial charge in [-0.3, -0.25) is 19.8 Å². The number of hydrogen-bond donors (Lipinski definition) is 1. The molecule has 1 aromatic rings. The minimum absolute atomic E-state index is 0.0193. The van der Waals surface area contributed by atoms with Crippen molar-refractivity contribution in [2.24, 2.45) is 0 Å². The number of hydrogen-bond acceptors (Lipinski definition) is 6. The molecule has 0 radical (unpaired) electrons. The molecule has 6 nitrogen and oxygen atoms in total. The van der Waals surface area contributed by atoms with Crippen molar-refractivity contribution in [2.75, 3.05) is 51.2 Å². The van der Waals surface area contributed by atoms with Crippen LogP contribution in [0.15, 0.2) is 17.0 Å². The van der Waals surface area contributed by atoms with Crippen LogP contribution in [0.25, 0.3) is 6.08 Å². The van der Waals surface area contributed by atoms with E-state index in [1.807, 2.05) is 4.90 Å². The summed E-state index contributed by atoms with van der Waals surface area (Å²) in [4.78, 5) is 30.3. The molecule has 3 saturated heterocycles. The molecule has 0 aliphatic carbocycles. The lowest BCUT2D eigenvalue weighted by Gasteiger charge is -2.43. The molecule has 4 rings (SSSR count). The predicted molar refractivity (Wildman–Crippen MR) is 120 cm³/mol. The van der Waals surface area contributed by atoms with Crippen molar-refractivity contribution in [2.45, 2.75) is 25.1 Å². The summed E-state index contributed by atoms with van der Waals surface area (Å²) in [5.41, 5.74) is -0.245. The number of imide groups is 1. The molecule has 32 heavy (non-hydrogen) atoms. The summed E-state index contributed by atoms with van der Waals surface area (Å²) in [6, 6.07) is 2.44. The van der Waals surface area contributed by atoms with Gasteiger partial charge in [0.2, 0.25) is 0 Å². The molecule has 3 fully saturated rings. The van der Waals surface area contributed by atoms with Crippen LogP contribution in [-0.2, 0) is 11.0 Å². The quantitative estimate of drug-likeness (QED) is 0.651. The molecule has 174 valence electrons. The minimum Gasteiger partial charge on any atom is -0.367 e. The molecular formula is C21H24ClF3N4O2S. The monoisotopic (exact) mass is 488 g/mol. The number of anilines is 1. The average molecular weight is 489 g/mol. The van der Waals surface area contributed by atoms with Crippen LogP contribution in [0.5, 0.6) is 0 Å². The van der Waals surface area contributed by atoms with Gasteiger partial charge in [-0.15, -0.1) is 0 Å². The Bertz CT molecular complexity index is 940. The first-order chi connectivity index (χ1) is 15.1. The first-order valence-electron chi connectivity index (χ1n) is 10.4. The Morgan fingerprint density at radius 2 is 1.75 bits per heavy atom.